The average molecular weight is 289 g/mol. The molecule has 0 saturated carbocycles. The predicted molar refractivity (Wildman–Crippen MR) is 81.0 cm³/mol. The number of aryl methyl sites for hydroxylation is 1. The van der Waals surface area contributed by atoms with Gasteiger partial charge in [0.15, 0.2) is 0 Å². The van der Waals surface area contributed by atoms with Crippen molar-refractivity contribution in [2.24, 2.45) is 0 Å². The third-order valence-electron chi connectivity index (χ3n) is 4.38. The lowest BCUT2D eigenvalue weighted by atomic mass is 9.99. The first-order valence-corrected chi connectivity index (χ1v) is 7.79. The molecule has 6 heteroatoms. The molecule has 1 amide bonds. The van der Waals surface area contributed by atoms with Gasteiger partial charge in [-0.15, -0.1) is 0 Å². The molecule has 0 bridgehead atoms. The van der Waals surface area contributed by atoms with Crippen molar-refractivity contribution in [3.63, 3.8) is 0 Å². The molecule has 2 aliphatic heterocycles. The van der Waals surface area contributed by atoms with Crippen molar-refractivity contribution in [2.45, 2.75) is 44.7 Å². The summed E-state index contributed by atoms with van der Waals surface area (Å²) < 4.78 is 0. The third-order valence-corrected chi connectivity index (χ3v) is 4.38. The molecular weight excluding hydrogens is 266 g/mol. The summed E-state index contributed by atoms with van der Waals surface area (Å²) in [7, 11) is 0. The van der Waals surface area contributed by atoms with Gasteiger partial charge < -0.3 is 10.6 Å². The van der Waals surface area contributed by atoms with Crippen LogP contribution in [0.15, 0.2) is 12.4 Å². The summed E-state index contributed by atoms with van der Waals surface area (Å²) in [6.45, 7) is 4.75. The van der Waals surface area contributed by atoms with Gasteiger partial charge in [-0.1, -0.05) is 0 Å². The lowest BCUT2D eigenvalue weighted by Gasteiger charge is -2.38. The molecule has 1 atom stereocenters. The second-order valence-corrected chi connectivity index (χ2v) is 5.95. The van der Waals surface area contributed by atoms with E-state index in [1.165, 1.54) is 0 Å². The fraction of sp³-hybridized carbons (Fsp3) is 0.667. The molecule has 21 heavy (non-hydrogen) atoms. The minimum absolute atomic E-state index is 0.0843. The van der Waals surface area contributed by atoms with Crippen LogP contribution in [0.3, 0.4) is 0 Å². The highest BCUT2D eigenvalue weighted by molar-refractivity contribution is 5.82. The molecule has 0 aliphatic carbocycles. The highest BCUT2D eigenvalue weighted by Crippen LogP contribution is 2.20. The zero-order chi connectivity index (χ0) is 14.7. The normalized spacial score (nSPS) is 24.6. The predicted octanol–water partition coefficient (Wildman–Crippen LogP) is 0.940. The van der Waals surface area contributed by atoms with Crippen LogP contribution in [0, 0.1) is 6.92 Å². The van der Waals surface area contributed by atoms with E-state index in [1.54, 1.807) is 6.33 Å². The number of hydrogen-bond donors (Lipinski definition) is 2. The molecule has 1 unspecified atom stereocenters. The van der Waals surface area contributed by atoms with Gasteiger partial charge in [0.2, 0.25) is 5.91 Å². The maximum Gasteiger partial charge on any atom is 0.237 e. The second-order valence-electron chi connectivity index (χ2n) is 5.95. The molecule has 3 heterocycles. The maximum absolute atomic E-state index is 11.9. The molecule has 0 aromatic carbocycles. The van der Waals surface area contributed by atoms with Crippen molar-refractivity contribution in [3.05, 3.63) is 18.1 Å². The Morgan fingerprint density at radius 2 is 2.10 bits per heavy atom. The van der Waals surface area contributed by atoms with Crippen LogP contribution in [0.2, 0.25) is 0 Å². The molecular formula is C15H23N5O. The summed E-state index contributed by atoms with van der Waals surface area (Å²) in [4.78, 5) is 22.6. The minimum atomic E-state index is 0.0843. The van der Waals surface area contributed by atoms with Crippen LogP contribution < -0.4 is 10.6 Å². The van der Waals surface area contributed by atoms with Crippen molar-refractivity contribution in [1.29, 1.82) is 0 Å². The molecule has 3 rings (SSSR count). The number of likely N-dealkylation sites (tertiary alicyclic amines) is 1. The SMILES string of the molecule is Cc1cc(NC2CCN(C3CCCNC3=O)CC2)ncn1. The number of hydrogen-bond acceptors (Lipinski definition) is 5. The first-order valence-electron chi connectivity index (χ1n) is 7.79. The van der Waals surface area contributed by atoms with Crippen LogP contribution in [0.5, 0.6) is 0 Å². The number of amides is 1. The molecule has 0 radical (unpaired) electrons. The zero-order valence-corrected chi connectivity index (χ0v) is 12.5. The monoisotopic (exact) mass is 289 g/mol. The average Bonchev–Trinajstić information content (AvgIpc) is 2.49. The van der Waals surface area contributed by atoms with Crippen molar-refractivity contribution >= 4 is 11.7 Å². The lowest BCUT2D eigenvalue weighted by molar-refractivity contribution is -0.128. The van der Waals surface area contributed by atoms with E-state index in [2.05, 4.69) is 25.5 Å². The van der Waals surface area contributed by atoms with Crippen molar-refractivity contribution in [2.75, 3.05) is 25.0 Å². The van der Waals surface area contributed by atoms with Gasteiger partial charge >= 0.3 is 0 Å². The maximum atomic E-state index is 11.9. The highest BCUT2D eigenvalue weighted by Gasteiger charge is 2.31. The molecule has 1 aromatic heterocycles. The Morgan fingerprint density at radius 3 is 2.81 bits per heavy atom. The van der Waals surface area contributed by atoms with Crippen LogP contribution >= 0.6 is 0 Å². The fourth-order valence-corrected chi connectivity index (χ4v) is 3.20. The van der Waals surface area contributed by atoms with E-state index < -0.39 is 0 Å². The van der Waals surface area contributed by atoms with E-state index in [4.69, 9.17) is 0 Å². The van der Waals surface area contributed by atoms with Gasteiger partial charge in [-0.2, -0.15) is 0 Å². The number of carbonyl (C=O) groups is 1. The largest absolute Gasteiger partial charge is 0.367 e. The Bertz CT molecular complexity index is 499. The van der Waals surface area contributed by atoms with E-state index in [9.17, 15) is 4.79 Å². The Morgan fingerprint density at radius 1 is 1.29 bits per heavy atom. The Labute approximate surface area is 125 Å². The van der Waals surface area contributed by atoms with Gasteiger partial charge in [-0.25, -0.2) is 9.97 Å². The summed E-state index contributed by atoms with van der Waals surface area (Å²) in [6, 6.07) is 2.49. The fourth-order valence-electron chi connectivity index (χ4n) is 3.20. The highest BCUT2D eigenvalue weighted by atomic mass is 16.2. The molecule has 2 aliphatic rings. The molecule has 114 valence electrons. The van der Waals surface area contributed by atoms with Gasteiger partial charge in [0, 0.05) is 37.4 Å². The van der Waals surface area contributed by atoms with E-state index in [-0.39, 0.29) is 11.9 Å². The van der Waals surface area contributed by atoms with Gasteiger partial charge in [0.05, 0.1) is 6.04 Å². The Kier molecular flexibility index (Phi) is 4.34. The second kappa shape index (κ2) is 6.39. The van der Waals surface area contributed by atoms with E-state index in [1.807, 2.05) is 13.0 Å². The number of carbonyl (C=O) groups excluding carboxylic acids is 1. The first kappa shape index (κ1) is 14.3. The van der Waals surface area contributed by atoms with E-state index in [0.29, 0.717) is 6.04 Å². The van der Waals surface area contributed by atoms with Crippen molar-refractivity contribution < 1.29 is 4.79 Å². The third kappa shape index (κ3) is 3.50. The summed E-state index contributed by atoms with van der Waals surface area (Å²) >= 11 is 0. The summed E-state index contributed by atoms with van der Waals surface area (Å²) in [6.07, 6.45) is 5.78. The zero-order valence-electron chi connectivity index (χ0n) is 12.5. The molecule has 2 saturated heterocycles. The molecule has 2 fully saturated rings. The van der Waals surface area contributed by atoms with E-state index >= 15 is 0 Å². The standard InChI is InChI=1S/C15H23N5O/c1-11-9-14(18-10-17-11)19-12-4-7-20(8-5-12)13-3-2-6-16-15(13)21/h9-10,12-13H,2-8H2,1H3,(H,16,21)(H,17,18,19). The lowest BCUT2D eigenvalue weighted by Crippen LogP contribution is -2.53. The van der Waals surface area contributed by atoms with Crippen molar-refractivity contribution in [3.8, 4) is 0 Å². The Hall–Kier alpha value is -1.69. The number of aromatic nitrogens is 2. The summed E-state index contributed by atoms with van der Waals surface area (Å²) in [5, 5.41) is 6.45. The summed E-state index contributed by atoms with van der Waals surface area (Å²) in [5.41, 5.74) is 0.976. The van der Waals surface area contributed by atoms with Crippen LogP contribution in [0.1, 0.15) is 31.4 Å². The minimum Gasteiger partial charge on any atom is -0.367 e. The van der Waals surface area contributed by atoms with Crippen LogP contribution in [0.25, 0.3) is 0 Å². The van der Waals surface area contributed by atoms with Crippen LogP contribution in [0.4, 0.5) is 5.82 Å². The topological polar surface area (TPSA) is 70.2 Å². The number of anilines is 1. The number of rotatable bonds is 3. The molecule has 6 nitrogen and oxygen atoms in total. The van der Waals surface area contributed by atoms with Crippen LogP contribution in [-0.2, 0) is 4.79 Å². The molecule has 2 N–H and O–H groups in total. The van der Waals surface area contributed by atoms with Gasteiger partial charge in [0.1, 0.15) is 12.1 Å². The van der Waals surface area contributed by atoms with E-state index in [0.717, 1.165) is 56.8 Å². The number of nitrogens with one attached hydrogen (secondary N) is 2. The first-order chi connectivity index (χ1) is 10.2. The molecule has 1 aromatic rings. The number of nitrogens with zero attached hydrogens (tertiary/aromatic N) is 3. The number of piperidine rings is 2. The summed E-state index contributed by atoms with van der Waals surface area (Å²) in [5.74, 6) is 1.11. The van der Waals surface area contributed by atoms with Gasteiger partial charge in [0.25, 0.3) is 0 Å². The van der Waals surface area contributed by atoms with Gasteiger partial charge in [-0.05, 0) is 32.6 Å². The Balaban J connectivity index is 1.52. The molecule has 0 spiro atoms. The van der Waals surface area contributed by atoms with Crippen LogP contribution in [-0.4, -0.2) is 52.5 Å². The van der Waals surface area contributed by atoms with Crippen molar-refractivity contribution in [1.82, 2.24) is 20.2 Å². The smallest absolute Gasteiger partial charge is 0.237 e. The quantitative estimate of drug-likeness (QED) is 0.866. The van der Waals surface area contributed by atoms with Gasteiger partial charge in [-0.3, -0.25) is 9.69 Å².